The van der Waals surface area contributed by atoms with Gasteiger partial charge in [-0.15, -0.1) is 0 Å². The Morgan fingerprint density at radius 2 is 2.17 bits per heavy atom. The Balaban J connectivity index is 2.42. The molecule has 1 atom stereocenters. The summed E-state index contributed by atoms with van der Waals surface area (Å²) in [6.45, 7) is 1.30. The predicted octanol–water partition coefficient (Wildman–Crippen LogP) is 2.02. The summed E-state index contributed by atoms with van der Waals surface area (Å²) in [6.07, 6.45) is 0.139. The number of benzene rings is 1. The molecule has 1 aliphatic rings. The fourth-order valence-electron chi connectivity index (χ4n) is 2.31. The average molecular weight is 256 g/mol. The van der Waals surface area contributed by atoms with Crippen LogP contribution >= 0.6 is 0 Å². The Labute approximate surface area is 103 Å². The lowest BCUT2D eigenvalue weighted by Gasteiger charge is -2.31. The Bertz CT molecular complexity index is 473. The molecule has 0 aromatic heterocycles. The molecule has 0 bridgehead atoms. The molecular weight excluding hydrogens is 242 g/mol. The van der Waals surface area contributed by atoms with E-state index in [1.807, 2.05) is 0 Å². The van der Waals surface area contributed by atoms with Crippen LogP contribution in [0.2, 0.25) is 0 Å². The molecule has 0 saturated heterocycles. The van der Waals surface area contributed by atoms with E-state index in [0.29, 0.717) is 12.0 Å². The van der Waals surface area contributed by atoms with Crippen molar-refractivity contribution in [3.05, 3.63) is 35.4 Å². The zero-order chi connectivity index (χ0) is 13.4. The summed E-state index contributed by atoms with van der Waals surface area (Å²) < 4.78 is 32.4. The molecule has 1 aliphatic carbocycles. The molecule has 5 heteroatoms. The van der Waals surface area contributed by atoms with Crippen LogP contribution in [-0.4, -0.2) is 23.6 Å². The van der Waals surface area contributed by atoms with Crippen LogP contribution in [0.5, 0.6) is 0 Å². The number of hydrogen-bond acceptors (Lipinski definition) is 3. The molecule has 0 saturated carbocycles. The number of alkyl halides is 2. The van der Waals surface area contributed by atoms with E-state index >= 15 is 0 Å². The molecule has 1 aromatic rings. The van der Waals surface area contributed by atoms with Crippen LogP contribution in [0.15, 0.2) is 24.3 Å². The quantitative estimate of drug-likeness (QED) is 0.842. The maximum Gasteiger partial charge on any atom is 0.380 e. The van der Waals surface area contributed by atoms with Crippen molar-refractivity contribution in [2.75, 3.05) is 6.61 Å². The number of halogens is 2. The maximum absolute atomic E-state index is 14.0. The topological polar surface area (TPSA) is 46.5 Å². The third-order valence-electron chi connectivity index (χ3n) is 3.27. The van der Waals surface area contributed by atoms with Gasteiger partial charge in [0.1, 0.15) is 0 Å². The van der Waals surface area contributed by atoms with Crippen molar-refractivity contribution in [2.45, 2.75) is 31.3 Å². The van der Waals surface area contributed by atoms with Gasteiger partial charge in [-0.1, -0.05) is 24.3 Å². The number of carbonyl (C=O) groups excluding carboxylic acids is 1. The van der Waals surface area contributed by atoms with Gasteiger partial charge in [-0.25, -0.2) is 4.79 Å². The van der Waals surface area contributed by atoms with Gasteiger partial charge in [-0.3, -0.25) is 0 Å². The molecule has 1 aromatic carbocycles. The van der Waals surface area contributed by atoms with Crippen molar-refractivity contribution in [3.8, 4) is 0 Å². The van der Waals surface area contributed by atoms with Gasteiger partial charge in [0.25, 0.3) is 0 Å². The Morgan fingerprint density at radius 1 is 1.50 bits per heavy atom. The van der Waals surface area contributed by atoms with Crippen LogP contribution < -0.4 is 0 Å². The maximum atomic E-state index is 14.0. The van der Waals surface area contributed by atoms with E-state index in [1.165, 1.54) is 13.0 Å². The third kappa shape index (κ3) is 1.70. The van der Waals surface area contributed by atoms with Crippen LogP contribution in [0, 0.1) is 0 Å². The van der Waals surface area contributed by atoms with Crippen LogP contribution in [-0.2, 0) is 21.6 Å². The van der Waals surface area contributed by atoms with Crippen molar-refractivity contribution in [3.63, 3.8) is 0 Å². The normalized spacial score (nSPS) is 22.7. The molecule has 0 spiro atoms. The average Bonchev–Trinajstić information content (AvgIpc) is 2.70. The van der Waals surface area contributed by atoms with E-state index in [9.17, 15) is 18.7 Å². The highest BCUT2D eigenvalue weighted by atomic mass is 19.3. The first kappa shape index (κ1) is 13.0. The van der Waals surface area contributed by atoms with Crippen molar-refractivity contribution in [2.24, 2.45) is 0 Å². The van der Waals surface area contributed by atoms with Crippen LogP contribution in [0.1, 0.15) is 24.5 Å². The molecule has 98 valence electrons. The molecule has 2 rings (SSSR count). The Morgan fingerprint density at radius 3 is 2.83 bits per heavy atom. The number of aryl methyl sites for hydroxylation is 1. The van der Waals surface area contributed by atoms with Gasteiger partial charge in [0.2, 0.25) is 0 Å². The first-order valence-corrected chi connectivity index (χ1v) is 5.79. The molecule has 3 nitrogen and oxygen atoms in total. The minimum Gasteiger partial charge on any atom is -0.461 e. The highest BCUT2D eigenvalue weighted by Gasteiger charge is 2.62. The lowest BCUT2D eigenvalue weighted by Crippen LogP contribution is -2.50. The van der Waals surface area contributed by atoms with E-state index in [4.69, 9.17) is 0 Å². The molecular formula is C13H14F2O3. The highest BCUT2D eigenvalue weighted by Crippen LogP contribution is 2.47. The Kier molecular flexibility index (Phi) is 3.11. The summed E-state index contributed by atoms with van der Waals surface area (Å²) in [4.78, 5) is 11.3. The van der Waals surface area contributed by atoms with Crippen molar-refractivity contribution in [1.29, 1.82) is 0 Å². The van der Waals surface area contributed by atoms with Crippen molar-refractivity contribution < 1.29 is 23.4 Å². The fourth-order valence-corrected chi connectivity index (χ4v) is 2.31. The molecule has 0 radical (unpaired) electrons. The first-order valence-electron chi connectivity index (χ1n) is 5.79. The summed E-state index contributed by atoms with van der Waals surface area (Å²) in [7, 11) is 0. The minimum atomic E-state index is -3.93. The molecule has 1 unspecified atom stereocenters. The molecule has 0 amide bonds. The van der Waals surface area contributed by atoms with E-state index in [-0.39, 0.29) is 18.6 Å². The molecule has 18 heavy (non-hydrogen) atoms. The molecule has 0 heterocycles. The molecule has 0 aliphatic heterocycles. The van der Waals surface area contributed by atoms with Crippen LogP contribution in [0.25, 0.3) is 0 Å². The molecule has 1 N–H and O–H groups in total. The standard InChI is InChI=1S/C13H14F2O3/c1-2-18-11(16)13(14,15)12(17)8-7-9-5-3-4-6-10(9)12/h3-6,17H,2,7-8H2,1H3. The number of ether oxygens (including phenoxy) is 1. The number of aliphatic hydroxyl groups is 1. The van der Waals surface area contributed by atoms with Crippen LogP contribution in [0.3, 0.4) is 0 Å². The first-order chi connectivity index (χ1) is 8.43. The van der Waals surface area contributed by atoms with Gasteiger partial charge in [-0.2, -0.15) is 8.78 Å². The second-order valence-corrected chi connectivity index (χ2v) is 4.31. The third-order valence-corrected chi connectivity index (χ3v) is 3.27. The summed E-state index contributed by atoms with van der Waals surface area (Å²) in [5.41, 5.74) is -1.71. The fraction of sp³-hybridized carbons (Fsp3) is 0.462. The van der Waals surface area contributed by atoms with Gasteiger partial charge >= 0.3 is 11.9 Å². The van der Waals surface area contributed by atoms with Crippen molar-refractivity contribution in [1.82, 2.24) is 0 Å². The van der Waals surface area contributed by atoms with Gasteiger partial charge < -0.3 is 9.84 Å². The smallest absolute Gasteiger partial charge is 0.380 e. The summed E-state index contributed by atoms with van der Waals surface area (Å²) in [6, 6.07) is 6.38. The zero-order valence-corrected chi connectivity index (χ0v) is 9.95. The second-order valence-electron chi connectivity index (χ2n) is 4.31. The molecule has 0 fully saturated rings. The van der Waals surface area contributed by atoms with Gasteiger partial charge in [0, 0.05) is 0 Å². The van der Waals surface area contributed by atoms with Gasteiger partial charge in [-0.05, 0) is 30.9 Å². The van der Waals surface area contributed by atoms with Crippen LogP contribution in [0.4, 0.5) is 8.78 Å². The van der Waals surface area contributed by atoms with E-state index in [0.717, 1.165) is 0 Å². The minimum absolute atomic E-state index is 0.114. The number of hydrogen-bond donors (Lipinski definition) is 1. The lowest BCUT2D eigenvalue weighted by molar-refractivity contribution is -0.216. The zero-order valence-electron chi connectivity index (χ0n) is 9.95. The lowest BCUT2D eigenvalue weighted by atomic mass is 9.89. The summed E-state index contributed by atoms with van der Waals surface area (Å²) >= 11 is 0. The predicted molar refractivity (Wildman–Crippen MR) is 60.2 cm³/mol. The van der Waals surface area contributed by atoms with Gasteiger partial charge in [0.05, 0.1) is 6.61 Å². The largest absolute Gasteiger partial charge is 0.461 e. The monoisotopic (exact) mass is 256 g/mol. The number of fused-ring (bicyclic) bond motifs is 1. The SMILES string of the molecule is CCOC(=O)C(F)(F)C1(O)CCc2ccccc21. The summed E-state index contributed by atoms with van der Waals surface area (Å²) in [5, 5.41) is 10.2. The highest BCUT2D eigenvalue weighted by molar-refractivity contribution is 5.80. The van der Waals surface area contributed by atoms with E-state index < -0.39 is 17.5 Å². The van der Waals surface area contributed by atoms with Crippen molar-refractivity contribution >= 4 is 5.97 Å². The van der Waals surface area contributed by atoms with E-state index in [1.54, 1.807) is 18.2 Å². The number of esters is 1. The Hall–Kier alpha value is -1.49. The van der Waals surface area contributed by atoms with Gasteiger partial charge in [0.15, 0.2) is 5.60 Å². The second kappa shape index (κ2) is 4.31. The van der Waals surface area contributed by atoms with E-state index in [2.05, 4.69) is 4.74 Å². The number of rotatable bonds is 3. The number of carbonyl (C=O) groups is 1. The summed E-state index contributed by atoms with van der Waals surface area (Å²) in [5.74, 6) is -5.61.